The Balaban J connectivity index is 3.86. The molecule has 10 heteroatoms. The number of hydrogen-bond acceptors (Lipinski definition) is 5. The van der Waals surface area contributed by atoms with Gasteiger partial charge >= 0.3 is 0 Å². The molecule has 87 valence electrons. The van der Waals surface area contributed by atoms with Crippen LogP contribution in [0.4, 0.5) is 5.69 Å². The maximum Gasteiger partial charge on any atom is 0.298 e. The van der Waals surface area contributed by atoms with Gasteiger partial charge in [0, 0.05) is 0 Å². The molecule has 0 fully saturated rings. The lowest BCUT2D eigenvalue weighted by molar-refractivity contribution is 0.467. The molecule has 0 aliphatic carbocycles. The van der Waals surface area contributed by atoms with E-state index in [9.17, 15) is 16.8 Å². The molecule has 0 saturated heterocycles. The summed E-state index contributed by atoms with van der Waals surface area (Å²) in [5.74, 6) is 0. The van der Waals surface area contributed by atoms with Crippen LogP contribution in [0.2, 0.25) is 0 Å². The van der Waals surface area contributed by atoms with Crippen molar-refractivity contribution in [2.45, 2.75) is 9.79 Å². The molecular formula is C6H5N2O6S2. The fraction of sp³-hybridized carbons (Fsp3) is 0. The highest BCUT2D eigenvalue weighted by Crippen LogP contribution is 2.30. The van der Waals surface area contributed by atoms with Crippen molar-refractivity contribution in [1.29, 1.82) is 0 Å². The quantitative estimate of drug-likeness (QED) is 0.584. The molecule has 1 rings (SSSR count). The van der Waals surface area contributed by atoms with E-state index in [-0.39, 0.29) is 0 Å². The molecule has 8 nitrogen and oxygen atoms in total. The summed E-state index contributed by atoms with van der Waals surface area (Å²) in [6.45, 7) is 0. The molecule has 0 amide bonds. The summed E-state index contributed by atoms with van der Waals surface area (Å²) in [7, 11) is -9.81. The second kappa shape index (κ2) is 3.90. The van der Waals surface area contributed by atoms with Crippen molar-refractivity contribution < 1.29 is 25.9 Å². The Morgan fingerprint density at radius 3 is 2.00 bits per heavy atom. The van der Waals surface area contributed by atoms with E-state index >= 15 is 0 Å². The van der Waals surface area contributed by atoms with E-state index in [1.54, 1.807) is 0 Å². The third-order valence-corrected chi connectivity index (χ3v) is 3.57. The third kappa shape index (κ3) is 2.41. The van der Waals surface area contributed by atoms with Crippen molar-refractivity contribution in [3.8, 4) is 0 Å². The normalized spacial score (nSPS) is 12.4. The molecule has 1 radical (unpaired) electrons. The predicted octanol–water partition coefficient (Wildman–Crippen LogP) is 0.0638. The van der Waals surface area contributed by atoms with Crippen LogP contribution >= 0.6 is 0 Å². The van der Waals surface area contributed by atoms with Crippen LogP contribution in [0.15, 0.2) is 33.1 Å². The largest absolute Gasteiger partial charge is 0.298 e. The van der Waals surface area contributed by atoms with Crippen LogP contribution in [-0.2, 0) is 20.2 Å². The number of nitrogens with zero attached hydrogens (tertiary/aromatic N) is 2. The highest BCUT2D eigenvalue weighted by Gasteiger charge is 2.27. The number of benzene rings is 1. The van der Waals surface area contributed by atoms with E-state index in [4.69, 9.17) is 14.6 Å². The van der Waals surface area contributed by atoms with E-state index in [0.717, 1.165) is 18.2 Å². The van der Waals surface area contributed by atoms with Crippen molar-refractivity contribution in [1.82, 2.24) is 5.53 Å². The van der Waals surface area contributed by atoms with Gasteiger partial charge < -0.3 is 0 Å². The lowest BCUT2D eigenvalue weighted by Crippen LogP contribution is -2.08. The zero-order valence-corrected chi connectivity index (χ0v) is 9.10. The molecular weight excluding hydrogens is 260 g/mol. The molecule has 0 unspecified atom stereocenters. The first-order chi connectivity index (χ1) is 7.18. The van der Waals surface area contributed by atoms with Gasteiger partial charge in [-0.05, 0) is 17.7 Å². The summed E-state index contributed by atoms with van der Waals surface area (Å²) >= 11 is 0. The fourth-order valence-electron chi connectivity index (χ4n) is 1.05. The van der Waals surface area contributed by atoms with Crippen LogP contribution in [-0.4, -0.2) is 25.9 Å². The second-order valence-electron chi connectivity index (χ2n) is 2.65. The van der Waals surface area contributed by atoms with Crippen LogP contribution in [0.25, 0.3) is 0 Å². The Hall–Kier alpha value is -1.36. The Bertz CT molecular complexity index is 633. The van der Waals surface area contributed by atoms with E-state index in [1.807, 2.05) is 0 Å². The maximum atomic E-state index is 10.9. The topological polar surface area (TPSA) is 143 Å². The monoisotopic (exact) mass is 265 g/mol. The summed E-state index contributed by atoms with van der Waals surface area (Å²) < 4.78 is 60.9. The smallest absolute Gasteiger partial charge is 0.282 e. The highest BCUT2D eigenvalue weighted by molar-refractivity contribution is 7.89. The molecule has 0 saturated carbocycles. The van der Waals surface area contributed by atoms with Gasteiger partial charge in [0.1, 0.15) is 15.5 Å². The van der Waals surface area contributed by atoms with Gasteiger partial charge in [-0.1, -0.05) is 6.07 Å². The first kappa shape index (κ1) is 12.7. The molecule has 0 atom stereocenters. The molecule has 0 aliphatic heterocycles. The molecule has 0 heterocycles. The fourth-order valence-corrected chi connectivity index (χ4v) is 2.96. The van der Waals surface area contributed by atoms with Crippen molar-refractivity contribution >= 4 is 25.9 Å². The lowest BCUT2D eigenvalue weighted by atomic mass is 10.3. The number of rotatable bonds is 3. The third-order valence-electron chi connectivity index (χ3n) is 1.60. The van der Waals surface area contributed by atoms with Gasteiger partial charge in [-0.25, -0.2) is 0 Å². The van der Waals surface area contributed by atoms with Crippen LogP contribution in [0.5, 0.6) is 0 Å². The van der Waals surface area contributed by atoms with Gasteiger partial charge in [0.2, 0.25) is 0 Å². The first-order valence-electron chi connectivity index (χ1n) is 3.61. The minimum atomic E-state index is -4.95. The van der Waals surface area contributed by atoms with Crippen LogP contribution < -0.4 is 5.53 Å². The van der Waals surface area contributed by atoms with Crippen molar-refractivity contribution in [2.24, 2.45) is 5.11 Å². The van der Waals surface area contributed by atoms with E-state index in [2.05, 4.69) is 5.11 Å². The number of hydrogen-bond donors (Lipinski definition) is 2. The molecule has 0 spiro atoms. The zero-order chi connectivity index (χ0) is 12.6. The van der Waals surface area contributed by atoms with Gasteiger partial charge in [0.25, 0.3) is 20.2 Å². The average Bonchev–Trinajstić information content (AvgIpc) is 2.13. The standard InChI is InChI=1S/C6H5N2O6S2/c7-8-4-2-1-3-5(15(9,10)11)6(4)16(12,13)14/h1-3H,(H,9,10,11)(H,12,13,14). The Morgan fingerprint density at radius 1 is 1.06 bits per heavy atom. The molecule has 1 aromatic carbocycles. The van der Waals surface area contributed by atoms with Gasteiger partial charge in [-0.15, -0.1) is 5.11 Å². The molecule has 2 N–H and O–H groups in total. The molecule has 0 bridgehead atoms. The SMILES string of the molecule is [N]=Nc1cccc(S(=O)(=O)O)c1S(=O)(=O)O. The predicted molar refractivity (Wildman–Crippen MR) is 50.3 cm³/mol. The minimum Gasteiger partial charge on any atom is -0.282 e. The Morgan fingerprint density at radius 2 is 1.62 bits per heavy atom. The summed E-state index contributed by atoms with van der Waals surface area (Å²) in [5, 5.41) is 2.50. The summed E-state index contributed by atoms with van der Waals surface area (Å²) in [6, 6.07) is 2.72. The van der Waals surface area contributed by atoms with E-state index < -0.39 is 35.7 Å². The molecule has 16 heavy (non-hydrogen) atoms. The zero-order valence-electron chi connectivity index (χ0n) is 7.47. The van der Waals surface area contributed by atoms with Crippen molar-refractivity contribution in [2.75, 3.05) is 0 Å². The second-order valence-corrected chi connectivity index (χ2v) is 5.40. The molecule has 0 aromatic heterocycles. The van der Waals surface area contributed by atoms with Crippen LogP contribution in [0.3, 0.4) is 0 Å². The Kier molecular flexibility index (Phi) is 3.10. The van der Waals surface area contributed by atoms with Gasteiger partial charge in [0.05, 0.1) is 0 Å². The van der Waals surface area contributed by atoms with Crippen LogP contribution in [0.1, 0.15) is 0 Å². The lowest BCUT2D eigenvalue weighted by Gasteiger charge is -2.05. The summed E-state index contributed by atoms with van der Waals surface area (Å²) in [5.41, 5.74) is 7.75. The molecule has 0 aliphatic rings. The highest BCUT2D eigenvalue weighted by atomic mass is 32.2. The summed E-state index contributed by atoms with van der Waals surface area (Å²) in [4.78, 5) is -2.25. The first-order valence-corrected chi connectivity index (χ1v) is 6.49. The maximum absolute atomic E-state index is 10.9. The van der Waals surface area contributed by atoms with Crippen molar-refractivity contribution in [3.05, 3.63) is 18.2 Å². The summed E-state index contributed by atoms with van der Waals surface area (Å²) in [6.07, 6.45) is 0. The van der Waals surface area contributed by atoms with Gasteiger partial charge in [-0.2, -0.15) is 16.8 Å². The van der Waals surface area contributed by atoms with Gasteiger partial charge in [-0.3, -0.25) is 9.11 Å². The average molecular weight is 265 g/mol. The Labute approximate surface area is 90.9 Å². The van der Waals surface area contributed by atoms with E-state index in [1.165, 1.54) is 0 Å². The van der Waals surface area contributed by atoms with E-state index in [0.29, 0.717) is 0 Å². The van der Waals surface area contributed by atoms with Gasteiger partial charge in [0.15, 0.2) is 0 Å². The minimum absolute atomic E-state index is 0.697. The van der Waals surface area contributed by atoms with Crippen molar-refractivity contribution in [3.63, 3.8) is 0 Å². The molecule has 1 aromatic rings. The van der Waals surface area contributed by atoms with Crippen LogP contribution in [0, 0.1) is 0 Å².